The van der Waals surface area contributed by atoms with Crippen LogP contribution in [0.4, 0.5) is 0 Å². The molecule has 0 aliphatic carbocycles. The number of rotatable bonds is 4. The molecule has 0 atom stereocenters. The molecule has 2 aliphatic rings. The predicted octanol–water partition coefficient (Wildman–Crippen LogP) is 0.570. The Hall–Kier alpha value is -1.14. The number of morpholine rings is 1. The van der Waals surface area contributed by atoms with Gasteiger partial charge in [0.25, 0.3) is 0 Å². The number of carbonyl (C=O) groups is 2. The average Bonchev–Trinajstić information content (AvgIpc) is 2.47. The highest BCUT2D eigenvalue weighted by molar-refractivity contribution is 5.81. The highest BCUT2D eigenvalue weighted by Crippen LogP contribution is 2.10. The standard InChI is InChI=1S/C16H29N3O3/c1-17(14-16(21)19-9-11-22-12-10-19)13-15(20)18-7-5-3-2-4-6-8-18/h2-14H2,1H3. The molecule has 2 heterocycles. The van der Waals surface area contributed by atoms with E-state index in [1.165, 1.54) is 19.3 Å². The molecule has 2 aliphatic heterocycles. The fourth-order valence-electron chi connectivity index (χ4n) is 3.03. The van der Waals surface area contributed by atoms with E-state index in [4.69, 9.17) is 4.74 Å². The van der Waals surface area contributed by atoms with Gasteiger partial charge in [-0.05, 0) is 19.9 Å². The van der Waals surface area contributed by atoms with Crippen molar-refractivity contribution in [1.82, 2.24) is 14.7 Å². The van der Waals surface area contributed by atoms with Gasteiger partial charge < -0.3 is 14.5 Å². The zero-order valence-electron chi connectivity index (χ0n) is 13.8. The first-order valence-electron chi connectivity index (χ1n) is 8.48. The van der Waals surface area contributed by atoms with Crippen LogP contribution in [0, 0.1) is 0 Å². The molecule has 2 rings (SSSR count). The number of hydrogen-bond donors (Lipinski definition) is 0. The van der Waals surface area contributed by atoms with Crippen LogP contribution in [0.5, 0.6) is 0 Å². The number of amides is 2. The monoisotopic (exact) mass is 311 g/mol. The first kappa shape index (κ1) is 17.2. The van der Waals surface area contributed by atoms with E-state index in [1.807, 2.05) is 21.7 Å². The van der Waals surface area contributed by atoms with Crippen molar-refractivity contribution in [3.05, 3.63) is 0 Å². The normalized spacial score (nSPS) is 20.6. The Labute approximate surface area is 133 Å². The lowest BCUT2D eigenvalue weighted by Crippen LogP contribution is -2.47. The molecule has 0 N–H and O–H groups in total. The Kier molecular flexibility index (Phi) is 7.12. The molecule has 0 aromatic rings. The quantitative estimate of drug-likeness (QED) is 0.762. The lowest BCUT2D eigenvalue weighted by molar-refractivity contribution is -0.137. The molecule has 22 heavy (non-hydrogen) atoms. The number of ether oxygens (including phenoxy) is 1. The second-order valence-corrected chi connectivity index (χ2v) is 6.31. The van der Waals surface area contributed by atoms with Gasteiger partial charge in [-0.3, -0.25) is 14.5 Å². The van der Waals surface area contributed by atoms with Gasteiger partial charge in [-0.15, -0.1) is 0 Å². The molecular formula is C16H29N3O3. The van der Waals surface area contributed by atoms with Gasteiger partial charge in [0.1, 0.15) is 0 Å². The summed E-state index contributed by atoms with van der Waals surface area (Å²) >= 11 is 0. The van der Waals surface area contributed by atoms with Crippen molar-refractivity contribution in [2.75, 3.05) is 59.5 Å². The minimum atomic E-state index is 0.0891. The minimum absolute atomic E-state index is 0.0891. The van der Waals surface area contributed by atoms with Gasteiger partial charge >= 0.3 is 0 Å². The third kappa shape index (κ3) is 5.57. The summed E-state index contributed by atoms with van der Waals surface area (Å²) < 4.78 is 5.25. The first-order chi connectivity index (χ1) is 10.7. The fraction of sp³-hybridized carbons (Fsp3) is 0.875. The van der Waals surface area contributed by atoms with E-state index in [2.05, 4.69) is 0 Å². The van der Waals surface area contributed by atoms with E-state index >= 15 is 0 Å². The van der Waals surface area contributed by atoms with Gasteiger partial charge in [0, 0.05) is 26.2 Å². The molecule has 0 aromatic heterocycles. The number of likely N-dealkylation sites (tertiary alicyclic amines) is 1. The van der Waals surface area contributed by atoms with Crippen LogP contribution in [0.15, 0.2) is 0 Å². The van der Waals surface area contributed by atoms with Crippen LogP contribution in [0.3, 0.4) is 0 Å². The number of nitrogens with zero attached hydrogens (tertiary/aromatic N) is 3. The van der Waals surface area contributed by atoms with E-state index in [9.17, 15) is 9.59 Å². The van der Waals surface area contributed by atoms with Crippen LogP contribution in [0.2, 0.25) is 0 Å². The Morgan fingerprint density at radius 1 is 0.818 bits per heavy atom. The van der Waals surface area contributed by atoms with Crippen molar-refractivity contribution < 1.29 is 14.3 Å². The maximum Gasteiger partial charge on any atom is 0.236 e. The smallest absolute Gasteiger partial charge is 0.236 e. The Morgan fingerprint density at radius 3 is 1.82 bits per heavy atom. The van der Waals surface area contributed by atoms with Crippen molar-refractivity contribution in [2.45, 2.75) is 32.1 Å². The zero-order valence-corrected chi connectivity index (χ0v) is 13.8. The molecule has 2 amide bonds. The van der Waals surface area contributed by atoms with Crippen LogP contribution in [0.1, 0.15) is 32.1 Å². The molecule has 0 bridgehead atoms. The summed E-state index contributed by atoms with van der Waals surface area (Å²) in [6.07, 6.45) is 5.92. The summed E-state index contributed by atoms with van der Waals surface area (Å²) in [5.41, 5.74) is 0. The predicted molar refractivity (Wildman–Crippen MR) is 84.6 cm³/mol. The summed E-state index contributed by atoms with van der Waals surface area (Å²) in [6.45, 7) is 4.91. The Balaban J connectivity index is 1.73. The van der Waals surface area contributed by atoms with Gasteiger partial charge in [0.2, 0.25) is 11.8 Å². The van der Waals surface area contributed by atoms with Crippen molar-refractivity contribution in [3.8, 4) is 0 Å². The topological polar surface area (TPSA) is 53.1 Å². The van der Waals surface area contributed by atoms with Gasteiger partial charge in [-0.1, -0.05) is 19.3 Å². The van der Waals surface area contributed by atoms with Crippen LogP contribution in [-0.2, 0) is 14.3 Å². The van der Waals surface area contributed by atoms with Gasteiger partial charge in [0.05, 0.1) is 26.3 Å². The largest absolute Gasteiger partial charge is 0.378 e. The molecule has 0 saturated carbocycles. The van der Waals surface area contributed by atoms with Crippen LogP contribution in [0.25, 0.3) is 0 Å². The maximum atomic E-state index is 12.4. The second kappa shape index (κ2) is 9.10. The highest BCUT2D eigenvalue weighted by Gasteiger charge is 2.21. The summed E-state index contributed by atoms with van der Waals surface area (Å²) in [7, 11) is 1.85. The van der Waals surface area contributed by atoms with E-state index in [1.54, 1.807) is 0 Å². The van der Waals surface area contributed by atoms with Crippen molar-refractivity contribution in [3.63, 3.8) is 0 Å². The third-order valence-corrected chi connectivity index (χ3v) is 4.38. The van der Waals surface area contributed by atoms with E-state index in [0.29, 0.717) is 39.4 Å². The number of hydrogen-bond acceptors (Lipinski definition) is 4. The Bertz CT molecular complexity index is 362. The minimum Gasteiger partial charge on any atom is -0.378 e. The number of likely N-dealkylation sites (N-methyl/N-ethyl adjacent to an activating group) is 1. The Morgan fingerprint density at radius 2 is 1.27 bits per heavy atom. The fourth-order valence-corrected chi connectivity index (χ4v) is 3.03. The van der Waals surface area contributed by atoms with Crippen molar-refractivity contribution in [2.24, 2.45) is 0 Å². The maximum absolute atomic E-state index is 12.4. The molecule has 0 unspecified atom stereocenters. The summed E-state index contributed by atoms with van der Waals surface area (Å²) in [5, 5.41) is 0. The van der Waals surface area contributed by atoms with Gasteiger partial charge in [-0.25, -0.2) is 0 Å². The number of carbonyl (C=O) groups excluding carboxylic acids is 2. The van der Waals surface area contributed by atoms with Gasteiger partial charge in [0.15, 0.2) is 0 Å². The molecule has 2 saturated heterocycles. The molecule has 0 radical (unpaired) electrons. The lowest BCUT2D eigenvalue weighted by Gasteiger charge is -2.30. The first-order valence-corrected chi connectivity index (χ1v) is 8.48. The molecular weight excluding hydrogens is 282 g/mol. The third-order valence-electron chi connectivity index (χ3n) is 4.38. The SMILES string of the molecule is CN(CC(=O)N1CCCCCCC1)CC(=O)N1CCOCC1. The van der Waals surface area contributed by atoms with Crippen LogP contribution in [-0.4, -0.2) is 86.0 Å². The lowest BCUT2D eigenvalue weighted by atomic mass is 10.1. The summed E-state index contributed by atoms with van der Waals surface area (Å²) in [6, 6.07) is 0. The molecule has 6 heteroatoms. The summed E-state index contributed by atoms with van der Waals surface area (Å²) in [5.74, 6) is 0.241. The highest BCUT2D eigenvalue weighted by atomic mass is 16.5. The van der Waals surface area contributed by atoms with Crippen LogP contribution < -0.4 is 0 Å². The second-order valence-electron chi connectivity index (χ2n) is 6.31. The van der Waals surface area contributed by atoms with E-state index in [0.717, 1.165) is 25.9 Å². The molecule has 0 aromatic carbocycles. The molecule has 6 nitrogen and oxygen atoms in total. The van der Waals surface area contributed by atoms with Crippen LogP contribution >= 0.6 is 0 Å². The molecule has 126 valence electrons. The van der Waals surface area contributed by atoms with E-state index in [-0.39, 0.29) is 11.8 Å². The zero-order chi connectivity index (χ0) is 15.8. The molecule has 0 spiro atoms. The summed E-state index contributed by atoms with van der Waals surface area (Å²) in [4.78, 5) is 30.2. The average molecular weight is 311 g/mol. The van der Waals surface area contributed by atoms with Gasteiger partial charge in [-0.2, -0.15) is 0 Å². The van der Waals surface area contributed by atoms with Crippen molar-refractivity contribution >= 4 is 11.8 Å². The van der Waals surface area contributed by atoms with Crippen molar-refractivity contribution in [1.29, 1.82) is 0 Å². The molecule has 2 fully saturated rings. The van der Waals surface area contributed by atoms with E-state index < -0.39 is 0 Å².